The number of rotatable bonds is 13. The van der Waals surface area contributed by atoms with Crippen molar-refractivity contribution in [3.8, 4) is 0 Å². The number of aliphatic hydroxyl groups is 5. The Balaban J connectivity index is 2.13. The molecule has 1 saturated heterocycles. The largest absolute Gasteiger partial charge is 0.394 e. The SMILES string of the molecule is CCCCCCCCSCC(O)CO[C@@H]1O[C@H](CO)[C@@H](O)[C@H](O)[C@H]1O. The van der Waals surface area contributed by atoms with Crippen molar-refractivity contribution >= 4 is 11.8 Å². The standard InChI is InChI=1S/C17H34O7S/c1-2-3-4-5-6-7-8-25-11-12(19)10-23-17-16(22)15(21)14(20)13(9-18)24-17/h12-22H,2-11H2,1H3/t12?,13-,14-,15+,16-,17-/m1/s1. The van der Waals surface area contributed by atoms with E-state index in [0.717, 1.165) is 12.2 Å². The highest BCUT2D eigenvalue weighted by Crippen LogP contribution is 2.22. The van der Waals surface area contributed by atoms with Crippen LogP contribution >= 0.6 is 11.8 Å². The molecule has 0 saturated carbocycles. The summed E-state index contributed by atoms with van der Waals surface area (Å²) in [5, 5.41) is 48.2. The van der Waals surface area contributed by atoms with E-state index in [-0.39, 0.29) is 6.61 Å². The van der Waals surface area contributed by atoms with Crippen LogP contribution in [0.3, 0.4) is 0 Å². The van der Waals surface area contributed by atoms with Gasteiger partial charge in [-0.2, -0.15) is 11.8 Å². The quantitative estimate of drug-likeness (QED) is 0.288. The van der Waals surface area contributed by atoms with Crippen molar-refractivity contribution in [2.24, 2.45) is 0 Å². The van der Waals surface area contributed by atoms with Crippen molar-refractivity contribution in [2.45, 2.75) is 82.3 Å². The number of unbranched alkanes of at least 4 members (excludes halogenated alkanes) is 5. The summed E-state index contributed by atoms with van der Waals surface area (Å²) in [6.45, 7) is 1.65. The number of thioether (sulfide) groups is 1. The average molecular weight is 383 g/mol. The molecule has 25 heavy (non-hydrogen) atoms. The van der Waals surface area contributed by atoms with E-state index in [4.69, 9.17) is 14.6 Å². The summed E-state index contributed by atoms with van der Waals surface area (Å²) in [5.74, 6) is 1.51. The van der Waals surface area contributed by atoms with Gasteiger partial charge in [-0.05, 0) is 12.2 Å². The molecule has 7 nitrogen and oxygen atoms in total. The number of aliphatic hydroxyl groups excluding tert-OH is 5. The zero-order chi connectivity index (χ0) is 18.7. The molecule has 6 atom stereocenters. The van der Waals surface area contributed by atoms with Crippen LogP contribution in [0.1, 0.15) is 45.4 Å². The molecule has 0 amide bonds. The van der Waals surface area contributed by atoms with Crippen LogP contribution in [0, 0.1) is 0 Å². The molecule has 0 spiro atoms. The second kappa shape index (κ2) is 13.3. The maximum absolute atomic E-state index is 9.94. The van der Waals surface area contributed by atoms with Crippen LogP contribution in [0.4, 0.5) is 0 Å². The maximum Gasteiger partial charge on any atom is 0.186 e. The number of ether oxygens (including phenoxy) is 2. The first-order valence-electron chi connectivity index (χ1n) is 9.19. The van der Waals surface area contributed by atoms with Crippen molar-refractivity contribution in [1.29, 1.82) is 0 Å². The maximum atomic E-state index is 9.94. The van der Waals surface area contributed by atoms with Crippen LogP contribution in [0.25, 0.3) is 0 Å². The molecule has 1 fully saturated rings. The van der Waals surface area contributed by atoms with Crippen LogP contribution in [-0.2, 0) is 9.47 Å². The summed E-state index contributed by atoms with van der Waals surface area (Å²) >= 11 is 1.66. The van der Waals surface area contributed by atoms with Crippen molar-refractivity contribution < 1.29 is 35.0 Å². The molecule has 0 aliphatic carbocycles. The predicted octanol–water partition coefficient (Wildman–Crippen LogP) is 0.257. The Bertz CT molecular complexity index is 332. The Morgan fingerprint density at radius 2 is 1.68 bits per heavy atom. The number of hydrogen-bond acceptors (Lipinski definition) is 8. The average Bonchev–Trinajstić information content (AvgIpc) is 2.61. The van der Waals surface area contributed by atoms with Crippen molar-refractivity contribution in [3.05, 3.63) is 0 Å². The van der Waals surface area contributed by atoms with Crippen LogP contribution < -0.4 is 0 Å². The molecular weight excluding hydrogens is 348 g/mol. The van der Waals surface area contributed by atoms with E-state index >= 15 is 0 Å². The molecule has 8 heteroatoms. The second-order valence-electron chi connectivity index (χ2n) is 6.53. The normalized spacial score (nSPS) is 31.2. The minimum atomic E-state index is -1.46. The van der Waals surface area contributed by atoms with Gasteiger partial charge in [-0.3, -0.25) is 0 Å². The molecule has 1 aliphatic heterocycles. The third-order valence-electron chi connectivity index (χ3n) is 4.25. The van der Waals surface area contributed by atoms with Crippen LogP contribution in [0.5, 0.6) is 0 Å². The van der Waals surface area contributed by atoms with Crippen LogP contribution in [0.15, 0.2) is 0 Å². The van der Waals surface area contributed by atoms with Gasteiger partial charge >= 0.3 is 0 Å². The molecule has 1 rings (SSSR count). The van der Waals surface area contributed by atoms with Gasteiger partial charge in [0, 0.05) is 5.75 Å². The van der Waals surface area contributed by atoms with Gasteiger partial charge in [0.15, 0.2) is 6.29 Å². The zero-order valence-corrected chi connectivity index (χ0v) is 15.8. The van der Waals surface area contributed by atoms with Gasteiger partial charge in [0.2, 0.25) is 0 Å². The van der Waals surface area contributed by atoms with E-state index in [1.807, 2.05) is 0 Å². The summed E-state index contributed by atoms with van der Waals surface area (Å²) in [7, 11) is 0. The lowest BCUT2D eigenvalue weighted by Crippen LogP contribution is -2.59. The highest BCUT2D eigenvalue weighted by Gasteiger charge is 2.44. The van der Waals surface area contributed by atoms with E-state index in [1.165, 1.54) is 32.1 Å². The minimum absolute atomic E-state index is 0.0494. The monoisotopic (exact) mass is 382 g/mol. The Labute approximate surface area is 154 Å². The third kappa shape index (κ3) is 8.53. The highest BCUT2D eigenvalue weighted by atomic mass is 32.2. The Morgan fingerprint density at radius 1 is 1.00 bits per heavy atom. The lowest BCUT2D eigenvalue weighted by atomic mass is 9.99. The molecule has 0 radical (unpaired) electrons. The van der Waals surface area contributed by atoms with E-state index in [1.54, 1.807) is 11.8 Å². The van der Waals surface area contributed by atoms with Crippen molar-refractivity contribution in [1.82, 2.24) is 0 Å². The van der Waals surface area contributed by atoms with Crippen LogP contribution in [-0.4, -0.2) is 87.1 Å². The lowest BCUT2D eigenvalue weighted by Gasteiger charge is -2.39. The first kappa shape index (κ1) is 23.1. The van der Waals surface area contributed by atoms with Crippen LogP contribution in [0.2, 0.25) is 0 Å². The van der Waals surface area contributed by atoms with Crippen molar-refractivity contribution in [3.63, 3.8) is 0 Å². The smallest absolute Gasteiger partial charge is 0.186 e. The van der Waals surface area contributed by atoms with Gasteiger partial charge in [0.05, 0.1) is 19.3 Å². The highest BCUT2D eigenvalue weighted by molar-refractivity contribution is 7.99. The predicted molar refractivity (Wildman–Crippen MR) is 96.4 cm³/mol. The molecule has 1 aliphatic rings. The van der Waals surface area contributed by atoms with Gasteiger partial charge < -0.3 is 35.0 Å². The Kier molecular flexibility index (Phi) is 12.3. The summed E-state index contributed by atoms with van der Waals surface area (Å²) in [6.07, 6.45) is 0.242. The van der Waals surface area contributed by atoms with Gasteiger partial charge in [-0.15, -0.1) is 0 Å². The van der Waals surface area contributed by atoms with Gasteiger partial charge in [0.25, 0.3) is 0 Å². The molecule has 0 aromatic heterocycles. The summed E-state index contributed by atoms with van der Waals surface area (Å²) in [6, 6.07) is 0. The first-order chi connectivity index (χ1) is 12.0. The van der Waals surface area contributed by atoms with E-state index < -0.39 is 43.4 Å². The van der Waals surface area contributed by atoms with E-state index in [9.17, 15) is 20.4 Å². The first-order valence-corrected chi connectivity index (χ1v) is 10.3. The molecular formula is C17H34O7S. The molecule has 1 heterocycles. The topological polar surface area (TPSA) is 120 Å². The minimum Gasteiger partial charge on any atom is -0.394 e. The van der Waals surface area contributed by atoms with Gasteiger partial charge in [0.1, 0.15) is 24.4 Å². The van der Waals surface area contributed by atoms with Gasteiger partial charge in [-0.1, -0.05) is 39.0 Å². The molecule has 5 N–H and O–H groups in total. The lowest BCUT2D eigenvalue weighted by molar-refractivity contribution is -0.304. The fraction of sp³-hybridized carbons (Fsp3) is 1.00. The Hall–Kier alpha value is 0.0700. The fourth-order valence-electron chi connectivity index (χ4n) is 2.66. The molecule has 0 aromatic rings. The number of hydrogen-bond donors (Lipinski definition) is 5. The zero-order valence-electron chi connectivity index (χ0n) is 15.0. The van der Waals surface area contributed by atoms with E-state index in [2.05, 4.69) is 6.92 Å². The molecule has 1 unspecified atom stereocenters. The fourth-order valence-corrected chi connectivity index (χ4v) is 3.61. The molecule has 150 valence electrons. The summed E-state index contributed by atoms with van der Waals surface area (Å²) in [5.41, 5.74) is 0. The second-order valence-corrected chi connectivity index (χ2v) is 7.68. The van der Waals surface area contributed by atoms with E-state index in [0.29, 0.717) is 5.75 Å². The summed E-state index contributed by atoms with van der Waals surface area (Å²) in [4.78, 5) is 0. The molecule has 0 bridgehead atoms. The molecule has 0 aromatic carbocycles. The summed E-state index contributed by atoms with van der Waals surface area (Å²) < 4.78 is 10.5. The van der Waals surface area contributed by atoms with Gasteiger partial charge in [-0.25, -0.2) is 0 Å². The Morgan fingerprint density at radius 3 is 2.36 bits per heavy atom. The third-order valence-corrected chi connectivity index (χ3v) is 5.45. The van der Waals surface area contributed by atoms with Crippen molar-refractivity contribution in [2.75, 3.05) is 24.7 Å².